The normalized spacial score (nSPS) is 19.4. The number of urea groups is 1. The molecule has 5 rings (SSSR count). The third-order valence-electron chi connectivity index (χ3n) is 7.23. The second-order valence-electron chi connectivity index (χ2n) is 9.64. The Morgan fingerprint density at radius 1 is 1.15 bits per heavy atom. The van der Waals surface area contributed by atoms with Crippen LogP contribution in [0.5, 0.6) is 0 Å². The number of hydrogen-bond acceptors (Lipinski definition) is 5. The fraction of sp³-hybridized carbons (Fsp3) is 0.500. The van der Waals surface area contributed by atoms with Crippen LogP contribution in [0.25, 0.3) is 16.8 Å². The number of nitrogens with zero attached hydrogens (tertiary/aromatic N) is 6. The van der Waals surface area contributed by atoms with Crippen molar-refractivity contribution >= 4 is 17.2 Å². The van der Waals surface area contributed by atoms with Crippen molar-refractivity contribution in [2.45, 2.75) is 39.2 Å². The van der Waals surface area contributed by atoms with Crippen LogP contribution >= 0.6 is 0 Å². The minimum atomic E-state index is 0.0241. The van der Waals surface area contributed by atoms with E-state index in [1.54, 1.807) is 0 Å². The highest BCUT2D eigenvalue weighted by molar-refractivity contribution is 5.79. The molecule has 0 unspecified atom stereocenters. The lowest BCUT2D eigenvalue weighted by Gasteiger charge is -2.36. The van der Waals surface area contributed by atoms with Gasteiger partial charge in [-0.05, 0) is 63.4 Å². The van der Waals surface area contributed by atoms with Gasteiger partial charge in [-0.25, -0.2) is 9.31 Å². The average molecular weight is 462 g/mol. The molecular formula is C26H35N7O. The van der Waals surface area contributed by atoms with E-state index in [1.807, 2.05) is 22.5 Å². The molecule has 3 aromatic rings. The number of rotatable bonds is 5. The molecule has 0 aliphatic carbocycles. The molecule has 0 aromatic carbocycles. The van der Waals surface area contributed by atoms with Gasteiger partial charge < -0.3 is 20.0 Å². The van der Waals surface area contributed by atoms with Gasteiger partial charge in [0.05, 0.1) is 16.9 Å². The lowest BCUT2D eigenvalue weighted by atomic mass is 9.99. The van der Waals surface area contributed by atoms with Crippen LogP contribution in [0.4, 0.5) is 10.5 Å². The smallest absolute Gasteiger partial charge is 0.317 e. The first-order chi connectivity index (χ1) is 16.5. The highest BCUT2D eigenvalue weighted by Gasteiger charge is 2.26. The number of piperazine rings is 1. The van der Waals surface area contributed by atoms with Crippen molar-refractivity contribution in [2.75, 3.05) is 50.7 Å². The van der Waals surface area contributed by atoms with Crippen molar-refractivity contribution in [3.8, 4) is 11.3 Å². The van der Waals surface area contributed by atoms with Crippen molar-refractivity contribution in [1.29, 1.82) is 0 Å². The van der Waals surface area contributed by atoms with Gasteiger partial charge in [0.2, 0.25) is 0 Å². The molecule has 1 atom stereocenters. The Balaban J connectivity index is 1.32. The predicted octanol–water partition coefficient (Wildman–Crippen LogP) is 3.45. The van der Waals surface area contributed by atoms with Gasteiger partial charge in [-0.2, -0.15) is 5.10 Å². The van der Waals surface area contributed by atoms with Gasteiger partial charge in [0.15, 0.2) is 0 Å². The first kappa shape index (κ1) is 22.7. The summed E-state index contributed by atoms with van der Waals surface area (Å²) in [6.45, 7) is 12.5. The van der Waals surface area contributed by atoms with E-state index in [0.717, 1.165) is 42.1 Å². The molecule has 2 amide bonds. The molecule has 8 nitrogen and oxygen atoms in total. The maximum absolute atomic E-state index is 12.1. The third-order valence-corrected chi connectivity index (χ3v) is 7.23. The van der Waals surface area contributed by atoms with Crippen LogP contribution < -0.4 is 10.2 Å². The van der Waals surface area contributed by atoms with Gasteiger partial charge in [-0.1, -0.05) is 6.07 Å². The molecule has 0 spiro atoms. The summed E-state index contributed by atoms with van der Waals surface area (Å²) in [5, 5.41) is 7.43. The van der Waals surface area contributed by atoms with E-state index in [9.17, 15) is 4.79 Å². The van der Waals surface area contributed by atoms with Crippen molar-refractivity contribution < 1.29 is 4.79 Å². The second-order valence-corrected chi connectivity index (χ2v) is 9.64. The average Bonchev–Trinajstić information content (AvgIpc) is 3.52. The molecule has 34 heavy (non-hydrogen) atoms. The molecule has 3 aromatic heterocycles. The lowest BCUT2D eigenvalue weighted by Crippen LogP contribution is -2.51. The van der Waals surface area contributed by atoms with Crippen molar-refractivity contribution in [3.63, 3.8) is 0 Å². The zero-order valence-electron chi connectivity index (χ0n) is 20.4. The molecule has 2 aliphatic rings. The molecule has 0 bridgehead atoms. The first-order valence-corrected chi connectivity index (χ1v) is 12.5. The largest absolute Gasteiger partial charge is 0.366 e. The molecule has 2 saturated heterocycles. The topological polar surface area (TPSA) is 69.0 Å². The Labute approximate surface area is 201 Å². The molecule has 1 N–H and O–H groups in total. The number of hydrogen-bond donors (Lipinski definition) is 1. The number of amides is 2. The first-order valence-electron chi connectivity index (χ1n) is 12.5. The van der Waals surface area contributed by atoms with Crippen molar-refractivity contribution in [3.05, 3.63) is 48.4 Å². The number of likely N-dealkylation sites (tertiary alicyclic amines) is 1. The van der Waals surface area contributed by atoms with Gasteiger partial charge in [0.25, 0.3) is 0 Å². The minimum absolute atomic E-state index is 0.0241. The van der Waals surface area contributed by atoms with E-state index in [0.29, 0.717) is 31.6 Å². The van der Waals surface area contributed by atoms with E-state index < -0.39 is 0 Å². The van der Waals surface area contributed by atoms with E-state index in [1.165, 1.54) is 18.5 Å². The van der Waals surface area contributed by atoms with E-state index in [4.69, 9.17) is 4.98 Å². The minimum Gasteiger partial charge on any atom is -0.366 e. The fourth-order valence-electron chi connectivity index (χ4n) is 5.17. The third kappa shape index (κ3) is 4.46. The number of nitrogens with one attached hydrogen (secondary N) is 1. The number of pyridine rings is 1. The molecule has 5 heterocycles. The lowest BCUT2D eigenvalue weighted by molar-refractivity contribution is 0.195. The van der Waals surface area contributed by atoms with Crippen molar-refractivity contribution in [2.24, 2.45) is 0 Å². The Bertz CT molecular complexity index is 1130. The van der Waals surface area contributed by atoms with Crippen LogP contribution in [0.3, 0.4) is 0 Å². The summed E-state index contributed by atoms with van der Waals surface area (Å²) >= 11 is 0. The number of fused-ring (bicyclic) bond motifs is 1. The van der Waals surface area contributed by atoms with Crippen LogP contribution in [-0.2, 0) is 0 Å². The summed E-state index contributed by atoms with van der Waals surface area (Å²) in [4.78, 5) is 23.7. The maximum Gasteiger partial charge on any atom is 0.317 e. The molecule has 0 saturated carbocycles. The predicted molar refractivity (Wildman–Crippen MR) is 135 cm³/mol. The summed E-state index contributed by atoms with van der Waals surface area (Å²) in [7, 11) is 0. The zero-order chi connectivity index (χ0) is 23.7. The second kappa shape index (κ2) is 9.62. The molecule has 2 fully saturated rings. The SMILES string of the molecule is CCNC(=O)N1CCN(c2ccnn3cc(-c4ccc([C@@H]5CCN(C(C)C)C5)cn4)cc23)CC1. The molecule has 180 valence electrons. The summed E-state index contributed by atoms with van der Waals surface area (Å²) in [5.74, 6) is 0.573. The van der Waals surface area contributed by atoms with Gasteiger partial charge in [-0.15, -0.1) is 0 Å². The number of carbonyl (C=O) groups excluding carboxylic acids is 1. The monoisotopic (exact) mass is 461 g/mol. The fourth-order valence-corrected chi connectivity index (χ4v) is 5.17. The summed E-state index contributed by atoms with van der Waals surface area (Å²) in [5.41, 5.74) is 5.59. The zero-order valence-corrected chi connectivity index (χ0v) is 20.4. The van der Waals surface area contributed by atoms with E-state index >= 15 is 0 Å². The molecule has 0 radical (unpaired) electrons. The number of carbonyl (C=O) groups is 1. The van der Waals surface area contributed by atoms with Gasteiger partial charge in [-0.3, -0.25) is 4.98 Å². The molecular weight excluding hydrogens is 426 g/mol. The Morgan fingerprint density at radius 3 is 2.65 bits per heavy atom. The maximum atomic E-state index is 12.1. The number of anilines is 1. The van der Waals surface area contributed by atoms with Crippen molar-refractivity contribution in [1.82, 2.24) is 29.7 Å². The summed E-state index contributed by atoms with van der Waals surface area (Å²) < 4.78 is 1.94. The molecule has 2 aliphatic heterocycles. The quantitative estimate of drug-likeness (QED) is 0.630. The van der Waals surface area contributed by atoms with Crippen LogP contribution in [-0.4, -0.2) is 82.3 Å². The van der Waals surface area contributed by atoms with E-state index in [2.05, 4.69) is 70.7 Å². The van der Waals surface area contributed by atoms with E-state index in [-0.39, 0.29) is 6.03 Å². The Hall–Kier alpha value is -3.13. The Kier molecular flexibility index (Phi) is 6.41. The Morgan fingerprint density at radius 2 is 1.97 bits per heavy atom. The highest BCUT2D eigenvalue weighted by atomic mass is 16.2. The van der Waals surface area contributed by atoms with Crippen LogP contribution in [0, 0.1) is 0 Å². The van der Waals surface area contributed by atoms with Gasteiger partial charge in [0, 0.05) is 69.5 Å². The highest BCUT2D eigenvalue weighted by Crippen LogP contribution is 2.31. The van der Waals surface area contributed by atoms with Crippen LogP contribution in [0.1, 0.15) is 38.7 Å². The number of aromatic nitrogens is 3. The van der Waals surface area contributed by atoms with Crippen LogP contribution in [0.2, 0.25) is 0 Å². The standard InChI is InChI=1S/C26H35N7O/c1-4-27-26(34)31-13-11-30(12-14-31)24-7-9-29-33-18-22(15-25(24)33)23-6-5-20(16-28-23)21-8-10-32(17-21)19(2)3/h5-7,9,15-16,18-19,21H,4,8,10-14,17H2,1-3H3,(H,27,34)/t21-/m1/s1. The summed E-state index contributed by atoms with van der Waals surface area (Å²) in [6, 6.07) is 9.26. The van der Waals surface area contributed by atoms with Gasteiger partial charge in [0.1, 0.15) is 0 Å². The molecule has 8 heteroatoms. The van der Waals surface area contributed by atoms with Crippen LogP contribution in [0.15, 0.2) is 42.9 Å². The van der Waals surface area contributed by atoms with Gasteiger partial charge >= 0.3 is 6.03 Å². The summed E-state index contributed by atoms with van der Waals surface area (Å²) in [6.07, 6.45) is 7.16.